The lowest BCUT2D eigenvalue weighted by atomic mass is 10.0. The number of halogens is 1. The molecule has 0 bridgehead atoms. The van der Waals surface area contributed by atoms with Crippen LogP contribution in [0.2, 0.25) is 0 Å². The van der Waals surface area contributed by atoms with E-state index in [0.717, 1.165) is 11.1 Å². The molecule has 3 heterocycles. The van der Waals surface area contributed by atoms with Gasteiger partial charge in [0.15, 0.2) is 5.82 Å². The maximum absolute atomic E-state index is 14.6. The summed E-state index contributed by atoms with van der Waals surface area (Å²) in [6.07, 6.45) is 0. The fraction of sp³-hybridized carbons (Fsp3) is 0.130. The second-order valence-electron chi connectivity index (χ2n) is 7.63. The second-order valence-corrected chi connectivity index (χ2v) is 7.63. The van der Waals surface area contributed by atoms with Crippen LogP contribution in [0.1, 0.15) is 27.4 Å². The van der Waals surface area contributed by atoms with Crippen LogP contribution in [0.15, 0.2) is 53.1 Å². The lowest BCUT2D eigenvalue weighted by molar-refractivity contribution is 0.102. The van der Waals surface area contributed by atoms with Crippen LogP contribution in [-0.4, -0.2) is 36.3 Å². The van der Waals surface area contributed by atoms with Crippen LogP contribution >= 0.6 is 0 Å². The van der Waals surface area contributed by atoms with Gasteiger partial charge in [0.25, 0.3) is 11.6 Å². The number of hydrogen-bond donors (Lipinski definition) is 1. The Hall–Kier alpha value is -4.47. The average Bonchev–Trinajstić information content (AvgIpc) is 3.40. The Morgan fingerprint density at radius 3 is 2.58 bits per heavy atom. The SMILES string of the molecule is Cc1ccc(-c2cc(C(=O)Nc3cc(-n4nnnc4C)ccc3F)c3c(C)noc3n2)cc1. The van der Waals surface area contributed by atoms with Crippen molar-refractivity contribution in [3.8, 4) is 16.9 Å². The summed E-state index contributed by atoms with van der Waals surface area (Å²) in [6.45, 7) is 5.42. The van der Waals surface area contributed by atoms with Crippen molar-refractivity contribution in [2.75, 3.05) is 5.32 Å². The van der Waals surface area contributed by atoms with Crippen LogP contribution in [0.4, 0.5) is 10.1 Å². The molecule has 3 aromatic heterocycles. The Kier molecular flexibility index (Phi) is 4.89. The van der Waals surface area contributed by atoms with Gasteiger partial charge in [-0.2, -0.15) is 4.68 Å². The van der Waals surface area contributed by atoms with Crippen LogP contribution in [0.3, 0.4) is 0 Å². The van der Waals surface area contributed by atoms with E-state index < -0.39 is 11.7 Å². The molecule has 1 amide bonds. The quantitative estimate of drug-likeness (QED) is 0.443. The maximum Gasteiger partial charge on any atom is 0.259 e. The van der Waals surface area contributed by atoms with Crippen molar-refractivity contribution in [3.05, 3.63) is 77.0 Å². The largest absolute Gasteiger partial charge is 0.335 e. The summed E-state index contributed by atoms with van der Waals surface area (Å²) in [5.41, 5.74) is 3.97. The number of nitrogens with zero attached hydrogens (tertiary/aromatic N) is 6. The molecule has 1 N–H and O–H groups in total. The molecule has 33 heavy (non-hydrogen) atoms. The summed E-state index contributed by atoms with van der Waals surface area (Å²) in [5.74, 6) is -0.590. The van der Waals surface area contributed by atoms with Crippen molar-refractivity contribution < 1.29 is 13.7 Å². The normalized spacial score (nSPS) is 11.2. The summed E-state index contributed by atoms with van der Waals surface area (Å²) in [4.78, 5) is 17.8. The van der Waals surface area contributed by atoms with Crippen LogP contribution in [-0.2, 0) is 0 Å². The third kappa shape index (κ3) is 3.71. The van der Waals surface area contributed by atoms with Gasteiger partial charge in [0.2, 0.25) is 0 Å². The third-order valence-electron chi connectivity index (χ3n) is 5.28. The van der Waals surface area contributed by atoms with Crippen LogP contribution in [0.25, 0.3) is 28.0 Å². The number of aryl methyl sites for hydroxylation is 3. The van der Waals surface area contributed by atoms with Gasteiger partial charge in [-0.05, 0) is 55.5 Å². The summed E-state index contributed by atoms with van der Waals surface area (Å²) >= 11 is 0. The molecule has 0 aliphatic rings. The van der Waals surface area contributed by atoms with Crippen molar-refractivity contribution in [1.82, 2.24) is 30.3 Å². The summed E-state index contributed by atoms with van der Waals surface area (Å²) in [7, 11) is 0. The lowest BCUT2D eigenvalue weighted by Gasteiger charge is -2.11. The molecule has 0 radical (unpaired) electrons. The third-order valence-corrected chi connectivity index (χ3v) is 5.28. The topological polar surface area (TPSA) is 112 Å². The number of tetrazole rings is 1. The molecule has 2 aromatic carbocycles. The fourth-order valence-corrected chi connectivity index (χ4v) is 3.55. The number of carbonyl (C=O) groups excluding carboxylic acids is 1. The zero-order valence-corrected chi connectivity index (χ0v) is 18.0. The highest BCUT2D eigenvalue weighted by atomic mass is 19.1. The van der Waals surface area contributed by atoms with Gasteiger partial charge >= 0.3 is 0 Å². The molecule has 0 fully saturated rings. The number of amides is 1. The molecule has 0 aliphatic carbocycles. The smallest absolute Gasteiger partial charge is 0.259 e. The summed E-state index contributed by atoms with van der Waals surface area (Å²) in [6, 6.07) is 13.6. The Morgan fingerprint density at radius 2 is 1.85 bits per heavy atom. The molecular weight excluding hydrogens is 425 g/mol. The number of nitrogens with one attached hydrogen (secondary N) is 1. The molecule has 0 saturated heterocycles. The Balaban J connectivity index is 1.57. The van der Waals surface area contributed by atoms with Gasteiger partial charge in [0, 0.05) is 5.56 Å². The van der Waals surface area contributed by atoms with Gasteiger partial charge in [-0.15, -0.1) is 5.10 Å². The highest BCUT2D eigenvalue weighted by Gasteiger charge is 2.21. The molecular formula is C23H18FN7O2. The molecule has 0 atom stereocenters. The van der Waals surface area contributed by atoms with Crippen LogP contribution in [0, 0.1) is 26.6 Å². The van der Waals surface area contributed by atoms with Gasteiger partial charge in [-0.25, -0.2) is 9.37 Å². The molecule has 0 spiro atoms. The number of rotatable bonds is 4. The van der Waals surface area contributed by atoms with Crippen molar-refractivity contribution in [2.24, 2.45) is 0 Å². The van der Waals surface area contributed by atoms with E-state index in [1.54, 1.807) is 19.9 Å². The van der Waals surface area contributed by atoms with E-state index in [4.69, 9.17) is 4.52 Å². The minimum atomic E-state index is -0.594. The Morgan fingerprint density at radius 1 is 1.06 bits per heavy atom. The zero-order chi connectivity index (χ0) is 23.1. The lowest BCUT2D eigenvalue weighted by Crippen LogP contribution is -2.15. The average molecular weight is 443 g/mol. The number of hydrogen-bond acceptors (Lipinski definition) is 7. The molecule has 9 nitrogen and oxygen atoms in total. The van der Waals surface area contributed by atoms with Crippen molar-refractivity contribution in [3.63, 3.8) is 0 Å². The molecule has 5 rings (SSSR count). The fourth-order valence-electron chi connectivity index (χ4n) is 3.55. The zero-order valence-electron chi connectivity index (χ0n) is 18.0. The van der Waals surface area contributed by atoms with E-state index in [1.807, 2.05) is 31.2 Å². The highest BCUT2D eigenvalue weighted by molar-refractivity contribution is 6.13. The summed E-state index contributed by atoms with van der Waals surface area (Å²) in [5, 5.41) is 18.4. The first kappa shape index (κ1) is 20.4. The number of aromatic nitrogens is 6. The van der Waals surface area contributed by atoms with Gasteiger partial charge < -0.3 is 9.84 Å². The number of carbonyl (C=O) groups is 1. The minimum absolute atomic E-state index is 0.0108. The minimum Gasteiger partial charge on any atom is -0.335 e. The van der Waals surface area contributed by atoms with Crippen molar-refractivity contribution >= 4 is 22.7 Å². The van der Waals surface area contributed by atoms with E-state index in [2.05, 4.69) is 31.0 Å². The molecule has 0 saturated carbocycles. The van der Waals surface area contributed by atoms with Crippen LogP contribution in [0.5, 0.6) is 0 Å². The van der Waals surface area contributed by atoms with E-state index in [9.17, 15) is 9.18 Å². The van der Waals surface area contributed by atoms with E-state index in [-0.39, 0.29) is 17.0 Å². The summed E-state index contributed by atoms with van der Waals surface area (Å²) < 4.78 is 21.4. The van der Waals surface area contributed by atoms with Gasteiger partial charge in [-0.1, -0.05) is 35.0 Å². The maximum atomic E-state index is 14.6. The number of benzene rings is 2. The first-order valence-electron chi connectivity index (χ1n) is 10.1. The molecule has 10 heteroatoms. The second kappa shape index (κ2) is 7.90. The van der Waals surface area contributed by atoms with Gasteiger partial charge in [0.1, 0.15) is 5.82 Å². The molecule has 5 aromatic rings. The number of fused-ring (bicyclic) bond motifs is 1. The van der Waals surface area contributed by atoms with Gasteiger partial charge in [0.05, 0.1) is 33.7 Å². The molecule has 0 aliphatic heterocycles. The Labute approximate surface area is 187 Å². The predicted molar refractivity (Wildman–Crippen MR) is 119 cm³/mol. The van der Waals surface area contributed by atoms with E-state index >= 15 is 0 Å². The van der Waals surface area contributed by atoms with Crippen molar-refractivity contribution in [2.45, 2.75) is 20.8 Å². The van der Waals surface area contributed by atoms with Gasteiger partial charge in [-0.3, -0.25) is 4.79 Å². The first-order valence-corrected chi connectivity index (χ1v) is 10.1. The van der Waals surface area contributed by atoms with Crippen LogP contribution < -0.4 is 5.32 Å². The predicted octanol–water partition coefficient (Wildman–Crippen LogP) is 4.18. The van der Waals surface area contributed by atoms with Crippen molar-refractivity contribution in [1.29, 1.82) is 0 Å². The standard InChI is InChI=1S/C23H18FN7O2/c1-12-4-6-15(7-5-12)19-11-17(21-13(2)28-33-23(21)26-19)22(32)25-20-10-16(8-9-18(20)24)31-14(3)27-29-30-31/h4-11H,1-3H3,(H,25,32). The number of anilines is 1. The molecule has 164 valence electrons. The number of pyridine rings is 1. The monoisotopic (exact) mass is 443 g/mol. The Bertz CT molecular complexity index is 1510. The first-order chi connectivity index (χ1) is 15.9. The van der Waals surface area contributed by atoms with E-state index in [1.165, 1.54) is 22.9 Å². The molecule has 0 unspecified atom stereocenters. The highest BCUT2D eigenvalue weighted by Crippen LogP contribution is 2.28. The van der Waals surface area contributed by atoms with E-state index in [0.29, 0.717) is 28.3 Å².